The molecular weight excluding hydrogens is 438 g/mol. The van der Waals surface area contributed by atoms with Crippen LogP contribution in [0.5, 0.6) is 17.2 Å². The molecule has 0 unspecified atom stereocenters. The largest absolute Gasteiger partial charge is 0.460 e. The Morgan fingerprint density at radius 2 is 1.65 bits per heavy atom. The number of esters is 1. The van der Waals surface area contributed by atoms with E-state index in [0.29, 0.717) is 5.75 Å². The lowest BCUT2D eigenvalue weighted by atomic mass is 9.87. The Morgan fingerprint density at radius 1 is 0.971 bits per heavy atom. The number of fused-ring (bicyclic) bond motifs is 1. The van der Waals surface area contributed by atoms with Crippen LogP contribution in [-0.2, 0) is 5.41 Å². The van der Waals surface area contributed by atoms with Crippen LogP contribution >= 0.6 is 0 Å². The topological polar surface area (TPSA) is 109 Å². The molecule has 0 aliphatic carbocycles. The van der Waals surface area contributed by atoms with E-state index in [1.165, 1.54) is 48.7 Å². The smallest absolute Gasteiger partial charge is 0.350 e. The van der Waals surface area contributed by atoms with Crippen LogP contribution in [0.25, 0.3) is 11.0 Å². The van der Waals surface area contributed by atoms with Crippen molar-refractivity contribution in [3.8, 4) is 17.2 Å². The van der Waals surface area contributed by atoms with Gasteiger partial charge in [0.2, 0.25) is 11.2 Å². The van der Waals surface area contributed by atoms with E-state index >= 15 is 0 Å². The normalized spacial score (nSPS) is 11.3. The van der Waals surface area contributed by atoms with Crippen LogP contribution in [0, 0.1) is 10.1 Å². The molecule has 1 heterocycles. The van der Waals surface area contributed by atoms with Crippen molar-refractivity contribution in [3.63, 3.8) is 0 Å². The zero-order valence-electron chi connectivity index (χ0n) is 18.7. The highest BCUT2D eigenvalue weighted by Crippen LogP contribution is 2.28. The van der Waals surface area contributed by atoms with Crippen molar-refractivity contribution >= 4 is 22.6 Å². The second-order valence-corrected chi connectivity index (χ2v) is 8.63. The molecule has 172 valence electrons. The van der Waals surface area contributed by atoms with Gasteiger partial charge in [-0.25, -0.2) is 4.79 Å². The van der Waals surface area contributed by atoms with Crippen molar-refractivity contribution in [2.75, 3.05) is 0 Å². The number of rotatable bonds is 5. The van der Waals surface area contributed by atoms with E-state index in [1.54, 1.807) is 12.1 Å². The maximum absolute atomic E-state index is 12.9. The van der Waals surface area contributed by atoms with Gasteiger partial charge in [-0.1, -0.05) is 45.0 Å². The van der Waals surface area contributed by atoms with E-state index in [4.69, 9.17) is 13.9 Å². The fraction of sp³-hybridized carbons (Fsp3) is 0.154. The first kappa shape index (κ1) is 22.7. The summed E-state index contributed by atoms with van der Waals surface area (Å²) in [6.07, 6.45) is 1.19. The van der Waals surface area contributed by atoms with Crippen molar-refractivity contribution in [3.05, 3.63) is 104 Å². The summed E-state index contributed by atoms with van der Waals surface area (Å²) < 4.78 is 16.5. The number of carbonyl (C=O) groups excluding carboxylic acids is 1. The van der Waals surface area contributed by atoms with Crippen LogP contribution in [0.4, 0.5) is 5.69 Å². The Kier molecular flexibility index (Phi) is 5.89. The summed E-state index contributed by atoms with van der Waals surface area (Å²) in [5.74, 6) is -0.312. The van der Waals surface area contributed by atoms with Gasteiger partial charge >= 0.3 is 5.97 Å². The van der Waals surface area contributed by atoms with E-state index in [-0.39, 0.29) is 39.1 Å². The third-order valence-electron chi connectivity index (χ3n) is 5.19. The zero-order valence-corrected chi connectivity index (χ0v) is 18.7. The van der Waals surface area contributed by atoms with Crippen LogP contribution in [-0.4, -0.2) is 10.9 Å². The average molecular weight is 459 g/mol. The lowest BCUT2D eigenvalue weighted by Crippen LogP contribution is -2.11. The molecule has 0 radical (unpaired) electrons. The van der Waals surface area contributed by atoms with Crippen LogP contribution < -0.4 is 14.9 Å². The van der Waals surface area contributed by atoms with Gasteiger partial charge in [0, 0.05) is 12.1 Å². The fourth-order valence-corrected chi connectivity index (χ4v) is 3.34. The average Bonchev–Trinajstić information content (AvgIpc) is 2.80. The number of benzene rings is 3. The number of nitrogens with zero attached hydrogens (tertiary/aromatic N) is 1. The standard InChI is InChI=1S/C26H21NO7/c1-26(2,3)16-8-10-17(11-9-16)33-23-15-32-22-14-18(12-13-20(22)24(23)28)34-25(29)19-6-4-5-7-21(19)27(30)31/h4-15H,1-3H3. The zero-order chi connectivity index (χ0) is 24.5. The number of nitro groups is 1. The third-order valence-corrected chi connectivity index (χ3v) is 5.19. The minimum atomic E-state index is -0.896. The van der Waals surface area contributed by atoms with E-state index < -0.39 is 16.3 Å². The molecular formula is C26H21NO7. The van der Waals surface area contributed by atoms with E-state index in [0.717, 1.165) is 5.56 Å². The Balaban J connectivity index is 1.57. The lowest BCUT2D eigenvalue weighted by molar-refractivity contribution is -0.385. The molecule has 8 heteroatoms. The summed E-state index contributed by atoms with van der Waals surface area (Å²) in [7, 11) is 0. The minimum Gasteiger partial charge on any atom is -0.460 e. The Hall–Kier alpha value is -4.46. The molecule has 0 aliphatic rings. The monoisotopic (exact) mass is 459 g/mol. The van der Waals surface area contributed by atoms with Gasteiger partial charge in [-0.15, -0.1) is 0 Å². The highest BCUT2D eigenvalue weighted by atomic mass is 16.6. The molecule has 0 bridgehead atoms. The van der Waals surface area contributed by atoms with E-state index in [1.807, 2.05) is 12.1 Å². The Labute approximate surface area is 194 Å². The Morgan fingerprint density at radius 3 is 2.32 bits per heavy atom. The summed E-state index contributed by atoms with van der Waals surface area (Å²) in [5, 5.41) is 11.4. The molecule has 0 saturated carbocycles. The molecule has 1 aromatic heterocycles. The quantitative estimate of drug-likeness (QED) is 0.156. The first-order valence-corrected chi connectivity index (χ1v) is 10.4. The van der Waals surface area contributed by atoms with Crippen molar-refractivity contribution in [2.24, 2.45) is 0 Å². The van der Waals surface area contributed by atoms with Gasteiger partial charge in [0.05, 0.1) is 10.3 Å². The molecule has 8 nitrogen and oxygen atoms in total. The maximum atomic E-state index is 12.9. The molecule has 0 aliphatic heterocycles. The van der Waals surface area contributed by atoms with Crippen molar-refractivity contribution < 1.29 is 23.6 Å². The maximum Gasteiger partial charge on any atom is 0.350 e. The van der Waals surface area contributed by atoms with Gasteiger partial charge in [-0.3, -0.25) is 14.9 Å². The minimum absolute atomic E-state index is 0.00685. The predicted molar refractivity (Wildman–Crippen MR) is 126 cm³/mol. The van der Waals surface area contributed by atoms with Crippen molar-refractivity contribution in [1.82, 2.24) is 0 Å². The second-order valence-electron chi connectivity index (χ2n) is 8.63. The SMILES string of the molecule is CC(C)(C)c1ccc(Oc2coc3cc(OC(=O)c4ccccc4[N+](=O)[O-])ccc3c2=O)cc1. The molecule has 34 heavy (non-hydrogen) atoms. The van der Waals surface area contributed by atoms with Crippen LogP contribution in [0.3, 0.4) is 0 Å². The number of hydrogen-bond donors (Lipinski definition) is 0. The number of hydrogen-bond acceptors (Lipinski definition) is 7. The first-order chi connectivity index (χ1) is 16.1. The van der Waals surface area contributed by atoms with Gasteiger partial charge in [-0.2, -0.15) is 0 Å². The molecule has 0 amide bonds. The van der Waals surface area contributed by atoms with E-state index in [9.17, 15) is 19.7 Å². The fourth-order valence-electron chi connectivity index (χ4n) is 3.34. The van der Waals surface area contributed by atoms with Gasteiger partial charge in [0.25, 0.3) is 5.69 Å². The molecule has 0 atom stereocenters. The van der Waals surface area contributed by atoms with Gasteiger partial charge in [-0.05, 0) is 41.3 Å². The van der Waals surface area contributed by atoms with Gasteiger partial charge in [0.15, 0.2) is 0 Å². The van der Waals surface area contributed by atoms with Gasteiger partial charge in [0.1, 0.15) is 28.9 Å². The first-order valence-electron chi connectivity index (χ1n) is 10.4. The van der Waals surface area contributed by atoms with Crippen molar-refractivity contribution in [1.29, 1.82) is 0 Å². The van der Waals surface area contributed by atoms with Crippen LogP contribution in [0.1, 0.15) is 36.7 Å². The molecule has 0 saturated heterocycles. The summed E-state index contributed by atoms with van der Waals surface area (Å²) >= 11 is 0. The highest BCUT2D eigenvalue weighted by Gasteiger charge is 2.21. The number of para-hydroxylation sites is 1. The Bertz CT molecular complexity index is 1450. The summed E-state index contributed by atoms with van der Waals surface area (Å²) in [6, 6.07) is 17.2. The highest BCUT2D eigenvalue weighted by molar-refractivity contribution is 5.95. The lowest BCUT2D eigenvalue weighted by Gasteiger charge is -2.19. The van der Waals surface area contributed by atoms with Gasteiger partial charge < -0.3 is 13.9 Å². The molecule has 3 aromatic carbocycles. The molecule has 0 fully saturated rings. The predicted octanol–water partition coefficient (Wildman–Crippen LogP) is 6.01. The number of nitro benzene ring substituents is 1. The van der Waals surface area contributed by atoms with Crippen LogP contribution in [0.15, 0.2) is 82.2 Å². The van der Waals surface area contributed by atoms with E-state index in [2.05, 4.69) is 20.8 Å². The number of carbonyl (C=O) groups is 1. The summed E-state index contributed by atoms with van der Waals surface area (Å²) in [5.41, 5.74) is 0.361. The van der Waals surface area contributed by atoms with Crippen molar-refractivity contribution in [2.45, 2.75) is 26.2 Å². The van der Waals surface area contributed by atoms with Crippen LogP contribution in [0.2, 0.25) is 0 Å². The number of ether oxygens (including phenoxy) is 2. The molecule has 0 N–H and O–H groups in total. The third kappa shape index (κ3) is 4.66. The molecule has 4 aromatic rings. The molecule has 0 spiro atoms. The second kappa shape index (κ2) is 8.82. The summed E-state index contributed by atoms with van der Waals surface area (Å²) in [6.45, 7) is 6.31. The molecule has 4 rings (SSSR count). The summed E-state index contributed by atoms with van der Waals surface area (Å²) in [4.78, 5) is 35.8.